The number of rotatable bonds is 21. The molecule has 0 fully saturated rings. The molecule has 208 valence electrons. The van der Waals surface area contributed by atoms with Crippen LogP contribution in [0, 0.1) is 0 Å². The highest BCUT2D eigenvalue weighted by molar-refractivity contribution is 6.03. The van der Waals surface area contributed by atoms with Crippen LogP contribution in [0.1, 0.15) is 128 Å². The number of nitrogens with zero attached hydrogens (tertiary/aromatic N) is 2. The van der Waals surface area contributed by atoms with Crippen molar-refractivity contribution in [2.75, 3.05) is 6.54 Å². The van der Waals surface area contributed by atoms with Gasteiger partial charge in [-0.2, -0.15) is 0 Å². The van der Waals surface area contributed by atoms with E-state index in [2.05, 4.69) is 46.5 Å². The molecule has 2 heterocycles. The fourth-order valence-corrected chi connectivity index (χ4v) is 5.44. The predicted octanol–water partition coefficient (Wildman–Crippen LogP) is 9.48. The number of benzene rings is 1. The molecule has 4 heteroatoms. The fourth-order valence-electron chi connectivity index (χ4n) is 5.44. The van der Waals surface area contributed by atoms with Crippen LogP contribution in [0.15, 0.2) is 42.7 Å². The summed E-state index contributed by atoms with van der Waals surface area (Å²) in [6.45, 7) is 3.05. The fraction of sp³-hybridized carbons (Fsp3) is 0.618. The third-order valence-electron chi connectivity index (χ3n) is 7.78. The molecule has 0 aliphatic rings. The molecule has 0 unspecified atom stereocenters. The molecule has 0 atom stereocenters. The molecular formula is C34H51N3O. The molecule has 0 radical (unpaired) electrons. The monoisotopic (exact) mass is 517 g/mol. The Morgan fingerprint density at radius 1 is 0.658 bits per heavy atom. The maximum Gasteiger partial charge on any atom is 0.219 e. The molecule has 3 rings (SSSR count). The van der Waals surface area contributed by atoms with E-state index < -0.39 is 0 Å². The van der Waals surface area contributed by atoms with E-state index in [-0.39, 0.29) is 5.91 Å². The van der Waals surface area contributed by atoms with Crippen LogP contribution in [-0.2, 0) is 11.2 Å². The Labute approximate surface area is 231 Å². The van der Waals surface area contributed by atoms with Crippen molar-refractivity contribution in [3.8, 4) is 0 Å². The van der Waals surface area contributed by atoms with Crippen molar-refractivity contribution in [2.24, 2.45) is 0 Å². The summed E-state index contributed by atoms with van der Waals surface area (Å²) in [5.74, 6) is 0.214. The number of carbonyl (C=O) groups excluding carboxylic acids is 1. The van der Waals surface area contributed by atoms with Crippen molar-refractivity contribution in [1.82, 2.24) is 15.3 Å². The molecular weight excluding hydrogens is 466 g/mol. The molecule has 1 N–H and O–H groups in total. The Kier molecular flexibility index (Phi) is 14.8. The van der Waals surface area contributed by atoms with Gasteiger partial charge in [-0.1, -0.05) is 115 Å². The van der Waals surface area contributed by atoms with Crippen molar-refractivity contribution >= 4 is 27.7 Å². The average molecular weight is 518 g/mol. The summed E-state index contributed by atoms with van der Waals surface area (Å²) in [5.41, 5.74) is 3.27. The van der Waals surface area contributed by atoms with Crippen molar-refractivity contribution in [3.63, 3.8) is 0 Å². The topological polar surface area (TPSA) is 54.9 Å². The van der Waals surface area contributed by atoms with E-state index >= 15 is 0 Å². The van der Waals surface area contributed by atoms with E-state index in [1.807, 2.05) is 18.5 Å². The summed E-state index contributed by atoms with van der Waals surface area (Å²) in [6, 6.07) is 10.5. The number of amides is 1. The van der Waals surface area contributed by atoms with Crippen molar-refractivity contribution in [2.45, 2.75) is 129 Å². The zero-order valence-corrected chi connectivity index (χ0v) is 24.0. The quantitative estimate of drug-likeness (QED) is 0.113. The molecule has 0 spiro atoms. The molecule has 0 saturated heterocycles. The summed E-state index contributed by atoms with van der Waals surface area (Å²) >= 11 is 0. The number of pyridine rings is 2. The van der Waals surface area contributed by atoms with Crippen LogP contribution in [0.5, 0.6) is 0 Å². The number of aryl methyl sites for hydroxylation is 1. The molecule has 0 aliphatic carbocycles. The number of nitrogens with one attached hydrogen (secondary N) is 1. The number of hydrogen-bond donors (Lipinski definition) is 1. The predicted molar refractivity (Wildman–Crippen MR) is 163 cm³/mol. The lowest BCUT2D eigenvalue weighted by Crippen LogP contribution is -2.24. The molecule has 2 aromatic heterocycles. The second-order valence-electron chi connectivity index (χ2n) is 11.0. The first-order valence-electron chi connectivity index (χ1n) is 15.7. The minimum Gasteiger partial charge on any atom is -0.356 e. The minimum atomic E-state index is 0.214. The Morgan fingerprint density at radius 3 is 1.97 bits per heavy atom. The van der Waals surface area contributed by atoms with E-state index in [9.17, 15) is 4.79 Å². The molecule has 38 heavy (non-hydrogen) atoms. The zero-order chi connectivity index (χ0) is 26.7. The lowest BCUT2D eigenvalue weighted by Gasteiger charge is -2.09. The van der Waals surface area contributed by atoms with Gasteiger partial charge >= 0.3 is 0 Å². The highest BCUT2D eigenvalue weighted by Crippen LogP contribution is 2.25. The van der Waals surface area contributed by atoms with Gasteiger partial charge < -0.3 is 5.32 Å². The standard InChI is InChI=1S/C34H51N3O/c1-2-3-4-5-6-7-8-9-10-11-12-13-14-15-16-22-32(38)35-26-18-17-20-29-25-28-37-34-31(29)24-23-30-21-19-27-36-33(30)34/h19,21,23-25,27-28H,2-18,20,22,26H2,1H3,(H,35,38). The molecule has 0 saturated carbocycles. The summed E-state index contributed by atoms with van der Waals surface area (Å²) in [6.07, 6.45) is 27.7. The van der Waals surface area contributed by atoms with Gasteiger partial charge in [0.1, 0.15) is 0 Å². The van der Waals surface area contributed by atoms with Gasteiger partial charge in [0, 0.05) is 36.1 Å². The van der Waals surface area contributed by atoms with Crippen LogP contribution in [0.4, 0.5) is 0 Å². The number of fused-ring (bicyclic) bond motifs is 3. The first-order valence-corrected chi connectivity index (χ1v) is 15.7. The van der Waals surface area contributed by atoms with Crippen LogP contribution in [0.2, 0.25) is 0 Å². The molecule has 1 aromatic carbocycles. The molecule has 3 aromatic rings. The van der Waals surface area contributed by atoms with Crippen LogP contribution in [0.25, 0.3) is 21.8 Å². The lowest BCUT2D eigenvalue weighted by atomic mass is 10.0. The Hall–Kier alpha value is -2.49. The maximum absolute atomic E-state index is 12.2. The van der Waals surface area contributed by atoms with Gasteiger partial charge in [0.15, 0.2) is 0 Å². The summed E-state index contributed by atoms with van der Waals surface area (Å²) in [5, 5.41) is 5.44. The van der Waals surface area contributed by atoms with Crippen molar-refractivity contribution < 1.29 is 4.79 Å². The van der Waals surface area contributed by atoms with Gasteiger partial charge in [0.2, 0.25) is 5.91 Å². The third-order valence-corrected chi connectivity index (χ3v) is 7.78. The number of carbonyl (C=O) groups is 1. The van der Waals surface area contributed by atoms with Crippen LogP contribution in [0.3, 0.4) is 0 Å². The SMILES string of the molecule is CCCCCCCCCCCCCCCCCC(=O)NCCCCc1ccnc2c1ccc1cccnc12. The second-order valence-corrected chi connectivity index (χ2v) is 11.0. The largest absolute Gasteiger partial charge is 0.356 e. The smallest absolute Gasteiger partial charge is 0.219 e. The summed E-state index contributed by atoms with van der Waals surface area (Å²) in [7, 11) is 0. The van der Waals surface area contributed by atoms with Crippen LogP contribution < -0.4 is 5.32 Å². The lowest BCUT2D eigenvalue weighted by molar-refractivity contribution is -0.121. The van der Waals surface area contributed by atoms with Crippen molar-refractivity contribution in [3.05, 3.63) is 48.3 Å². The molecule has 0 aliphatic heterocycles. The van der Waals surface area contributed by atoms with Gasteiger partial charge in [-0.3, -0.25) is 14.8 Å². The van der Waals surface area contributed by atoms with Crippen LogP contribution >= 0.6 is 0 Å². The van der Waals surface area contributed by atoms with E-state index in [1.54, 1.807) is 0 Å². The second kappa shape index (κ2) is 18.7. The number of hydrogen-bond acceptors (Lipinski definition) is 3. The van der Waals surface area contributed by atoms with E-state index in [1.165, 1.54) is 101 Å². The van der Waals surface area contributed by atoms with Gasteiger partial charge in [-0.25, -0.2) is 0 Å². The van der Waals surface area contributed by atoms with Gasteiger partial charge in [-0.15, -0.1) is 0 Å². The summed E-state index contributed by atoms with van der Waals surface area (Å²) < 4.78 is 0. The third kappa shape index (κ3) is 11.1. The van der Waals surface area contributed by atoms with Gasteiger partial charge in [-0.05, 0) is 43.4 Å². The molecule has 0 bridgehead atoms. The van der Waals surface area contributed by atoms with Crippen LogP contribution in [-0.4, -0.2) is 22.4 Å². The first-order chi connectivity index (χ1) is 18.8. The van der Waals surface area contributed by atoms with E-state index in [4.69, 9.17) is 0 Å². The summed E-state index contributed by atoms with van der Waals surface area (Å²) in [4.78, 5) is 21.3. The van der Waals surface area contributed by atoms with E-state index in [0.29, 0.717) is 6.42 Å². The first kappa shape index (κ1) is 30.1. The van der Waals surface area contributed by atoms with Gasteiger partial charge in [0.25, 0.3) is 0 Å². The molecule has 1 amide bonds. The average Bonchev–Trinajstić information content (AvgIpc) is 2.95. The van der Waals surface area contributed by atoms with Gasteiger partial charge in [0.05, 0.1) is 11.0 Å². The highest BCUT2D eigenvalue weighted by Gasteiger charge is 2.07. The molecule has 4 nitrogen and oxygen atoms in total. The Bertz CT molecular complexity index is 1060. The maximum atomic E-state index is 12.2. The Morgan fingerprint density at radius 2 is 1.29 bits per heavy atom. The highest BCUT2D eigenvalue weighted by atomic mass is 16.1. The number of aromatic nitrogens is 2. The zero-order valence-electron chi connectivity index (χ0n) is 24.0. The number of unbranched alkanes of at least 4 members (excludes halogenated alkanes) is 15. The van der Waals surface area contributed by atoms with Crippen molar-refractivity contribution in [1.29, 1.82) is 0 Å². The Balaban J connectivity index is 1.15. The normalized spacial score (nSPS) is 11.4. The van der Waals surface area contributed by atoms with E-state index in [0.717, 1.165) is 48.6 Å². The minimum absolute atomic E-state index is 0.214.